The molecule has 1 saturated heterocycles. The van der Waals surface area contributed by atoms with Crippen LogP contribution in [0.15, 0.2) is 48.7 Å². The Labute approximate surface area is 208 Å². The molecule has 3 heterocycles. The van der Waals surface area contributed by atoms with Gasteiger partial charge in [-0.15, -0.1) is 0 Å². The lowest BCUT2D eigenvalue weighted by Crippen LogP contribution is -2.20. The standard InChI is InChI=1S/C27H29N5O4/c1-2-17-14-20(33)9-11-21(17)18-8-10-22-23(15-18)32(24-7-3-4-13-36-24)31-25(22)26-29-16-19(30-26)6-5-12-28-27(34)35/h5-6,8-11,14-16,24,28,33H,2-4,7,12-13H2,1H3,(H,29,30)(H,34,35). The molecule has 2 aromatic heterocycles. The molecule has 0 bridgehead atoms. The lowest BCUT2D eigenvalue weighted by Gasteiger charge is -2.23. The first-order chi connectivity index (χ1) is 17.5. The van der Waals surface area contributed by atoms with Gasteiger partial charge in [-0.05, 0) is 72.7 Å². The number of rotatable bonds is 7. The maximum Gasteiger partial charge on any atom is 0.404 e. The number of nitrogens with one attached hydrogen (secondary N) is 2. The topological polar surface area (TPSA) is 125 Å². The minimum Gasteiger partial charge on any atom is -0.508 e. The summed E-state index contributed by atoms with van der Waals surface area (Å²) in [5, 5.41) is 26.9. The number of fused-ring (bicyclic) bond motifs is 1. The zero-order valence-electron chi connectivity index (χ0n) is 20.1. The number of ether oxygens (including phenoxy) is 1. The van der Waals surface area contributed by atoms with Gasteiger partial charge in [-0.25, -0.2) is 14.5 Å². The third-order valence-corrected chi connectivity index (χ3v) is 6.40. The molecule has 5 rings (SSSR count). The van der Waals surface area contributed by atoms with Crippen LogP contribution in [0.5, 0.6) is 5.75 Å². The average molecular weight is 488 g/mol. The maximum atomic E-state index is 10.6. The highest BCUT2D eigenvalue weighted by atomic mass is 16.5. The van der Waals surface area contributed by atoms with Crippen molar-refractivity contribution < 1.29 is 19.7 Å². The quantitative estimate of drug-likeness (QED) is 0.279. The number of carbonyl (C=O) groups is 1. The van der Waals surface area contributed by atoms with E-state index in [1.807, 2.05) is 16.8 Å². The zero-order valence-corrected chi connectivity index (χ0v) is 20.1. The largest absolute Gasteiger partial charge is 0.508 e. The van der Waals surface area contributed by atoms with Gasteiger partial charge in [-0.3, -0.25) is 0 Å². The van der Waals surface area contributed by atoms with E-state index in [1.165, 1.54) is 0 Å². The third-order valence-electron chi connectivity index (χ3n) is 6.40. The summed E-state index contributed by atoms with van der Waals surface area (Å²) in [4.78, 5) is 18.5. The molecule has 9 heteroatoms. The third kappa shape index (κ3) is 4.83. The van der Waals surface area contributed by atoms with Crippen molar-refractivity contribution in [1.82, 2.24) is 25.1 Å². The normalized spacial score (nSPS) is 16.1. The van der Waals surface area contributed by atoms with Crippen LogP contribution >= 0.6 is 0 Å². The van der Waals surface area contributed by atoms with Crippen molar-refractivity contribution in [2.24, 2.45) is 0 Å². The van der Waals surface area contributed by atoms with E-state index in [0.29, 0.717) is 18.1 Å². The molecule has 1 aliphatic rings. The molecule has 1 fully saturated rings. The van der Waals surface area contributed by atoms with Crippen LogP contribution in [-0.2, 0) is 11.2 Å². The van der Waals surface area contributed by atoms with Crippen LogP contribution in [0.3, 0.4) is 0 Å². The van der Waals surface area contributed by atoms with Crippen LogP contribution in [0.2, 0.25) is 0 Å². The molecule has 4 N–H and O–H groups in total. The van der Waals surface area contributed by atoms with Crippen molar-refractivity contribution >= 4 is 23.1 Å². The minimum absolute atomic E-state index is 0.146. The van der Waals surface area contributed by atoms with Crippen molar-refractivity contribution in [2.45, 2.75) is 38.8 Å². The summed E-state index contributed by atoms with van der Waals surface area (Å²) in [6.07, 6.45) is 7.85. The molecular formula is C27H29N5O4. The minimum atomic E-state index is -1.07. The van der Waals surface area contributed by atoms with E-state index in [9.17, 15) is 9.90 Å². The van der Waals surface area contributed by atoms with Gasteiger partial charge >= 0.3 is 6.09 Å². The Morgan fingerprint density at radius 2 is 2.17 bits per heavy atom. The van der Waals surface area contributed by atoms with Crippen LogP contribution in [-0.4, -0.2) is 49.2 Å². The first-order valence-corrected chi connectivity index (χ1v) is 12.2. The molecule has 0 spiro atoms. The zero-order chi connectivity index (χ0) is 25.1. The molecular weight excluding hydrogens is 458 g/mol. The molecule has 0 saturated carbocycles. The fraction of sp³-hybridized carbons (Fsp3) is 0.296. The van der Waals surface area contributed by atoms with Gasteiger partial charge in [-0.2, -0.15) is 5.10 Å². The van der Waals surface area contributed by atoms with Gasteiger partial charge in [0.15, 0.2) is 12.1 Å². The second-order valence-corrected chi connectivity index (χ2v) is 8.80. The lowest BCUT2D eigenvalue weighted by molar-refractivity contribution is -0.0365. The van der Waals surface area contributed by atoms with Gasteiger partial charge in [0, 0.05) is 24.7 Å². The highest BCUT2D eigenvalue weighted by Crippen LogP contribution is 2.36. The number of phenols is 1. The van der Waals surface area contributed by atoms with Crippen LogP contribution < -0.4 is 5.32 Å². The second kappa shape index (κ2) is 10.2. The van der Waals surface area contributed by atoms with Crippen molar-refractivity contribution in [2.75, 3.05) is 13.2 Å². The fourth-order valence-electron chi connectivity index (χ4n) is 4.64. The number of nitrogens with zero attached hydrogens (tertiary/aromatic N) is 3. The fourth-order valence-corrected chi connectivity index (χ4v) is 4.64. The lowest BCUT2D eigenvalue weighted by atomic mass is 9.96. The van der Waals surface area contributed by atoms with E-state index < -0.39 is 6.09 Å². The molecule has 1 amide bonds. The Bertz CT molecular complexity index is 1420. The molecule has 0 aliphatic carbocycles. The summed E-state index contributed by atoms with van der Waals surface area (Å²) in [6, 6.07) is 11.8. The molecule has 36 heavy (non-hydrogen) atoms. The van der Waals surface area contributed by atoms with Crippen molar-refractivity contribution in [3.05, 3.63) is 59.9 Å². The smallest absolute Gasteiger partial charge is 0.404 e. The number of aromatic amines is 1. The highest BCUT2D eigenvalue weighted by Gasteiger charge is 2.23. The van der Waals surface area contributed by atoms with Gasteiger partial charge in [0.05, 0.1) is 11.2 Å². The summed E-state index contributed by atoms with van der Waals surface area (Å²) >= 11 is 0. The van der Waals surface area contributed by atoms with Gasteiger partial charge in [0.25, 0.3) is 0 Å². The number of hydrogen-bond acceptors (Lipinski definition) is 5. The van der Waals surface area contributed by atoms with E-state index in [4.69, 9.17) is 14.9 Å². The predicted molar refractivity (Wildman–Crippen MR) is 138 cm³/mol. The summed E-state index contributed by atoms with van der Waals surface area (Å²) < 4.78 is 8.05. The summed E-state index contributed by atoms with van der Waals surface area (Å²) in [5.41, 5.74) is 5.59. The monoisotopic (exact) mass is 487 g/mol. The SMILES string of the molecule is CCc1cc(O)ccc1-c1ccc2c(-c3nc(C=CCNC(=O)O)c[nH]3)nn(C3CCCCO3)c2c1. The van der Waals surface area contributed by atoms with E-state index in [-0.39, 0.29) is 18.5 Å². The highest BCUT2D eigenvalue weighted by molar-refractivity contribution is 5.94. The Hall–Kier alpha value is -4.11. The number of carboxylic acid groups (broad SMARTS) is 1. The number of phenolic OH excluding ortho intramolecular Hbond substituents is 1. The van der Waals surface area contributed by atoms with E-state index in [1.54, 1.807) is 24.4 Å². The van der Waals surface area contributed by atoms with Gasteiger partial charge < -0.3 is 25.3 Å². The molecule has 0 radical (unpaired) electrons. The Morgan fingerprint density at radius 1 is 1.28 bits per heavy atom. The van der Waals surface area contributed by atoms with Crippen LogP contribution in [0.4, 0.5) is 4.79 Å². The molecule has 1 aliphatic heterocycles. The van der Waals surface area contributed by atoms with E-state index >= 15 is 0 Å². The van der Waals surface area contributed by atoms with Gasteiger partial charge in [0.1, 0.15) is 11.4 Å². The van der Waals surface area contributed by atoms with Crippen molar-refractivity contribution in [1.29, 1.82) is 0 Å². The van der Waals surface area contributed by atoms with Gasteiger partial charge in [0.2, 0.25) is 0 Å². The number of aromatic hydroxyl groups is 1. The summed E-state index contributed by atoms with van der Waals surface area (Å²) in [5.74, 6) is 0.896. The van der Waals surface area contributed by atoms with Crippen LogP contribution in [0, 0.1) is 0 Å². The number of imidazole rings is 1. The van der Waals surface area contributed by atoms with Crippen molar-refractivity contribution in [3.63, 3.8) is 0 Å². The number of amides is 1. The first-order valence-electron chi connectivity index (χ1n) is 12.2. The molecule has 9 nitrogen and oxygen atoms in total. The molecule has 4 aromatic rings. The number of aromatic nitrogens is 4. The maximum absolute atomic E-state index is 10.6. The Morgan fingerprint density at radius 3 is 2.94 bits per heavy atom. The predicted octanol–water partition coefficient (Wildman–Crippen LogP) is 5.34. The summed E-state index contributed by atoms with van der Waals surface area (Å²) in [7, 11) is 0. The van der Waals surface area contributed by atoms with Crippen LogP contribution in [0.1, 0.15) is 43.7 Å². The van der Waals surface area contributed by atoms with E-state index in [2.05, 4.69) is 40.4 Å². The Balaban J connectivity index is 1.56. The molecule has 186 valence electrons. The molecule has 1 atom stereocenters. The van der Waals surface area contributed by atoms with E-state index in [0.717, 1.165) is 59.0 Å². The summed E-state index contributed by atoms with van der Waals surface area (Å²) in [6.45, 7) is 2.99. The Kier molecular flexibility index (Phi) is 6.73. The average Bonchev–Trinajstić information content (AvgIpc) is 3.51. The molecule has 2 aromatic carbocycles. The number of aryl methyl sites for hydroxylation is 1. The van der Waals surface area contributed by atoms with Crippen molar-refractivity contribution in [3.8, 4) is 28.4 Å². The van der Waals surface area contributed by atoms with Crippen LogP contribution in [0.25, 0.3) is 39.6 Å². The number of hydrogen-bond donors (Lipinski definition) is 4. The number of benzene rings is 2. The first kappa shape index (κ1) is 23.6. The molecule has 1 unspecified atom stereocenters. The van der Waals surface area contributed by atoms with Gasteiger partial charge in [-0.1, -0.05) is 25.1 Å². The second-order valence-electron chi connectivity index (χ2n) is 8.80. The number of H-pyrrole nitrogens is 1.